The van der Waals surface area contributed by atoms with Crippen molar-refractivity contribution in [3.05, 3.63) is 11.6 Å². The Morgan fingerprint density at radius 1 is 0.951 bits per heavy atom. The molecule has 0 aliphatic heterocycles. The lowest BCUT2D eigenvalue weighted by Gasteiger charge is -2.63. The van der Waals surface area contributed by atoms with E-state index in [0.29, 0.717) is 43.4 Å². The first-order valence-electron chi connectivity index (χ1n) is 16.1. The molecule has 7 nitrogen and oxygen atoms in total. The number of carbonyl (C=O) groups is 2. The second-order valence-corrected chi connectivity index (χ2v) is 15.7. The average Bonchev–Trinajstić information content (AvgIpc) is 3.48. The highest BCUT2D eigenvalue weighted by Crippen LogP contribution is 2.72. The van der Waals surface area contributed by atoms with Crippen molar-refractivity contribution >= 4 is 11.9 Å². The molecule has 0 aromatic rings. The molecule has 0 bridgehead atoms. The Bertz CT molecular complexity index is 1080. The molecule has 41 heavy (non-hydrogen) atoms. The summed E-state index contributed by atoms with van der Waals surface area (Å²) in [4.78, 5) is 25.2. The van der Waals surface area contributed by atoms with E-state index in [2.05, 4.69) is 48.5 Å². The molecule has 0 heterocycles. The molecule has 4 saturated carbocycles. The smallest absolute Gasteiger partial charge is 0.303 e. The van der Waals surface area contributed by atoms with E-state index in [1.54, 1.807) is 0 Å². The normalized spacial score (nSPS) is 50.1. The van der Waals surface area contributed by atoms with E-state index in [4.69, 9.17) is 9.47 Å². The molecule has 0 aromatic carbocycles. The molecule has 5 rings (SSSR count). The Labute approximate surface area is 246 Å². The van der Waals surface area contributed by atoms with Crippen molar-refractivity contribution in [2.45, 2.75) is 125 Å². The minimum absolute atomic E-state index is 0.0292. The van der Waals surface area contributed by atoms with Crippen molar-refractivity contribution in [1.29, 1.82) is 0 Å². The molecule has 4 fully saturated rings. The molecule has 3 unspecified atom stereocenters. The number of fused-ring (bicyclic) bond motifs is 5. The molecule has 15 atom stereocenters. The van der Waals surface area contributed by atoms with E-state index in [1.807, 2.05) is 6.08 Å². The van der Waals surface area contributed by atoms with Crippen molar-refractivity contribution in [3.8, 4) is 0 Å². The standard InChI is InChI=1S/C34H54O7/c1-16(2)18(4)33(8)15-24(33)17(3)23-14-26(40-19(5)35)28-27-25(38)13-21-12-22(37)10-11-32(21,7)29(27)30(39)31(34(23,28)9)41-20(6)36/h13,16-18,22-31,37-39H,10-12,14-15H2,1-9H3/t17-,18+,22-,23+,24+,25+,26-,27?,28?,29?,30-,31+,32-,33+,34+/m0/s1. The Morgan fingerprint density at radius 3 is 2.17 bits per heavy atom. The SMILES string of the molecule is CC(=O)O[C@H]1C[C@H]([C@H](C)[C@H]2C[C@]2(C)[C@H](C)C(C)C)[C@]2(C)C1C1C([C@H](O)[C@H]2OC(C)=O)[C@@]2(C)CC[C@H](O)CC2=C[C@H]1O. The molecule has 5 aliphatic carbocycles. The number of aliphatic hydroxyl groups is 3. The Hall–Kier alpha value is -1.44. The molecular formula is C34H54O7. The van der Waals surface area contributed by atoms with Crippen LogP contribution in [0.4, 0.5) is 0 Å². The summed E-state index contributed by atoms with van der Waals surface area (Å²) in [5, 5.41) is 34.6. The molecule has 0 spiro atoms. The molecule has 0 saturated heterocycles. The fraction of sp³-hybridized carbons (Fsp3) is 0.882. The summed E-state index contributed by atoms with van der Waals surface area (Å²) in [6, 6.07) is 0. The highest BCUT2D eigenvalue weighted by molar-refractivity contribution is 5.67. The predicted molar refractivity (Wildman–Crippen MR) is 155 cm³/mol. The molecule has 232 valence electrons. The van der Waals surface area contributed by atoms with Gasteiger partial charge in [-0.3, -0.25) is 9.59 Å². The van der Waals surface area contributed by atoms with Gasteiger partial charge in [0.25, 0.3) is 0 Å². The zero-order chi connectivity index (χ0) is 30.4. The Morgan fingerprint density at radius 2 is 1.59 bits per heavy atom. The molecule has 3 N–H and O–H groups in total. The maximum atomic E-state index is 12.7. The number of hydrogen-bond acceptors (Lipinski definition) is 7. The Balaban J connectivity index is 1.62. The maximum Gasteiger partial charge on any atom is 0.303 e. The van der Waals surface area contributed by atoms with Crippen LogP contribution in [0.2, 0.25) is 0 Å². The highest BCUT2D eigenvalue weighted by Gasteiger charge is 2.73. The fourth-order valence-corrected chi connectivity index (χ4v) is 11.0. The van der Waals surface area contributed by atoms with Gasteiger partial charge in [-0.05, 0) is 72.5 Å². The van der Waals surface area contributed by atoms with Gasteiger partial charge in [0.15, 0.2) is 0 Å². The van der Waals surface area contributed by atoms with E-state index >= 15 is 0 Å². The van der Waals surface area contributed by atoms with E-state index in [0.717, 1.165) is 12.0 Å². The average molecular weight is 575 g/mol. The van der Waals surface area contributed by atoms with Crippen LogP contribution in [0.3, 0.4) is 0 Å². The first-order chi connectivity index (χ1) is 19.0. The van der Waals surface area contributed by atoms with Crippen LogP contribution in [0.25, 0.3) is 0 Å². The van der Waals surface area contributed by atoms with Crippen molar-refractivity contribution in [3.63, 3.8) is 0 Å². The van der Waals surface area contributed by atoms with Gasteiger partial charge >= 0.3 is 11.9 Å². The van der Waals surface area contributed by atoms with Crippen LogP contribution in [0, 0.1) is 63.6 Å². The van der Waals surface area contributed by atoms with Crippen LogP contribution in [-0.4, -0.2) is 57.8 Å². The number of carbonyl (C=O) groups excluding carboxylic acids is 2. The van der Waals surface area contributed by atoms with Crippen LogP contribution in [-0.2, 0) is 19.1 Å². The van der Waals surface area contributed by atoms with Crippen LogP contribution in [0.15, 0.2) is 11.6 Å². The van der Waals surface area contributed by atoms with Crippen LogP contribution < -0.4 is 0 Å². The predicted octanol–water partition coefficient (Wildman–Crippen LogP) is 4.91. The van der Waals surface area contributed by atoms with E-state index in [9.17, 15) is 24.9 Å². The van der Waals surface area contributed by atoms with Gasteiger partial charge in [0.1, 0.15) is 12.2 Å². The number of rotatable bonds is 6. The summed E-state index contributed by atoms with van der Waals surface area (Å²) in [7, 11) is 0. The lowest BCUT2D eigenvalue weighted by atomic mass is 9.44. The van der Waals surface area contributed by atoms with Gasteiger partial charge in [-0.2, -0.15) is 0 Å². The van der Waals surface area contributed by atoms with E-state index < -0.39 is 53.2 Å². The first-order valence-corrected chi connectivity index (χ1v) is 16.1. The summed E-state index contributed by atoms with van der Waals surface area (Å²) in [6.07, 6.45) is 1.85. The number of hydrogen-bond donors (Lipinski definition) is 3. The zero-order valence-electron chi connectivity index (χ0n) is 26.6. The van der Waals surface area contributed by atoms with Crippen molar-refractivity contribution in [2.24, 2.45) is 63.6 Å². The van der Waals surface area contributed by atoms with Gasteiger partial charge in [0.2, 0.25) is 0 Å². The molecule has 0 radical (unpaired) electrons. The van der Waals surface area contributed by atoms with Crippen molar-refractivity contribution in [1.82, 2.24) is 0 Å². The largest absolute Gasteiger partial charge is 0.462 e. The second-order valence-electron chi connectivity index (χ2n) is 15.7. The third kappa shape index (κ3) is 4.63. The second kappa shape index (κ2) is 10.3. The van der Waals surface area contributed by atoms with Gasteiger partial charge in [-0.25, -0.2) is 0 Å². The summed E-state index contributed by atoms with van der Waals surface area (Å²) >= 11 is 0. The van der Waals surface area contributed by atoms with Crippen LogP contribution in [0.5, 0.6) is 0 Å². The van der Waals surface area contributed by atoms with Gasteiger partial charge in [-0.15, -0.1) is 0 Å². The van der Waals surface area contributed by atoms with Crippen LogP contribution >= 0.6 is 0 Å². The fourth-order valence-electron chi connectivity index (χ4n) is 11.0. The lowest BCUT2D eigenvalue weighted by molar-refractivity contribution is -0.239. The molecule has 0 amide bonds. The number of aliphatic hydroxyl groups excluding tert-OH is 3. The lowest BCUT2D eigenvalue weighted by Crippen LogP contribution is -2.68. The third-order valence-electron chi connectivity index (χ3n) is 13.5. The van der Waals surface area contributed by atoms with Gasteiger partial charge in [0, 0.05) is 37.0 Å². The van der Waals surface area contributed by atoms with Gasteiger partial charge in [-0.1, -0.05) is 60.1 Å². The van der Waals surface area contributed by atoms with E-state index in [1.165, 1.54) is 13.8 Å². The zero-order valence-corrected chi connectivity index (χ0v) is 26.6. The summed E-state index contributed by atoms with van der Waals surface area (Å²) in [5.74, 6) is 0.0415. The maximum absolute atomic E-state index is 12.7. The first kappa shape index (κ1) is 31.0. The molecule has 7 heteroatoms. The molecular weight excluding hydrogens is 520 g/mol. The van der Waals surface area contributed by atoms with Crippen molar-refractivity contribution in [2.75, 3.05) is 0 Å². The quantitative estimate of drug-likeness (QED) is 0.305. The molecule has 0 aromatic heterocycles. The number of esters is 2. The highest BCUT2D eigenvalue weighted by atomic mass is 16.6. The summed E-state index contributed by atoms with van der Waals surface area (Å²) in [5.41, 5.74) is 0.0175. The van der Waals surface area contributed by atoms with Crippen molar-refractivity contribution < 1.29 is 34.4 Å². The summed E-state index contributed by atoms with van der Waals surface area (Å²) < 4.78 is 12.2. The van der Waals surface area contributed by atoms with Gasteiger partial charge in [0.05, 0.1) is 18.3 Å². The topological polar surface area (TPSA) is 113 Å². The molecule has 5 aliphatic rings. The number of ether oxygens (including phenoxy) is 2. The van der Waals surface area contributed by atoms with E-state index in [-0.39, 0.29) is 35.1 Å². The summed E-state index contributed by atoms with van der Waals surface area (Å²) in [6.45, 7) is 18.7. The third-order valence-corrected chi connectivity index (χ3v) is 13.5. The van der Waals surface area contributed by atoms with Gasteiger partial charge < -0.3 is 24.8 Å². The Kier molecular flexibility index (Phi) is 7.81. The minimum atomic E-state index is -0.991. The van der Waals surface area contributed by atoms with Crippen LogP contribution in [0.1, 0.15) is 94.4 Å². The monoisotopic (exact) mass is 574 g/mol. The minimum Gasteiger partial charge on any atom is -0.462 e.